The summed E-state index contributed by atoms with van der Waals surface area (Å²) >= 11 is 6.83. The van der Waals surface area contributed by atoms with Crippen LogP contribution >= 0.6 is 31.9 Å². The van der Waals surface area contributed by atoms with E-state index in [4.69, 9.17) is 14.2 Å². The molecule has 0 unspecified atom stereocenters. The Morgan fingerprint density at radius 3 is 2.70 bits per heavy atom. The van der Waals surface area contributed by atoms with Crippen molar-refractivity contribution in [3.05, 3.63) is 44.5 Å². The Hall–Kier alpha value is -1.80. The van der Waals surface area contributed by atoms with Crippen molar-refractivity contribution in [3.8, 4) is 11.5 Å². The maximum Gasteiger partial charge on any atom is 0.346 e. The lowest BCUT2D eigenvalue weighted by Gasteiger charge is -2.11. The Bertz CT molecular complexity index is 782. The molecule has 0 aliphatic carbocycles. The Morgan fingerprint density at radius 2 is 2.04 bits per heavy atom. The van der Waals surface area contributed by atoms with Gasteiger partial charge in [0.2, 0.25) is 0 Å². The molecule has 0 saturated carbocycles. The quantitative estimate of drug-likeness (QED) is 0.732. The molecule has 1 aliphatic heterocycles. The third kappa shape index (κ3) is 2.88. The normalized spacial score (nSPS) is 15.8. The fraction of sp³-hybridized carbons (Fsp3) is 0.200. The Balaban J connectivity index is 1.99. The van der Waals surface area contributed by atoms with Crippen molar-refractivity contribution < 1.29 is 24.0 Å². The van der Waals surface area contributed by atoms with Gasteiger partial charge in [-0.2, -0.15) is 0 Å². The number of methoxy groups -OCH3 is 2. The number of rotatable bonds is 4. The summed E-state index contributed by atoms with van der Waals surface area (Å²) in [6, 6.07) is 5.41. The van der Waals surface area contributed by atoms with Gasteiger partial charge in [-0.05, 0) is 50.1 Å². The highest BCUT2D eigenvalue weighted by Crippen LogP contribution is 2.42. The van der Waals surface area contributed by atoms with Crippen molar-refractivity contribution in [2.75, 3.05) is 19.5 Å². The van der Waals surface area contributed by atoms with Gasteiger partial charge < -0.3 is 14.2 Å². The van der Waals surface area contributed by atoms with Crippen LogP contribution in [0.15, 0.2) is 33.3 Å². The highest BCUT2D eigenvalue weighted by Gasteiger charge is 2.38. The molecule has 23 heavy (non-hydrogen) atoms. The van der Waals surface area contributed by atoms with Gasteiger partial charge in [0.25, 0.3) is 12.0 Å². The van der Waals surface area contributed by atoms with Gasteiger partial charge in [-0.15, -0.1) is 0 Å². The summed E-state index contributed by atoms with van der Waals surface area (Å²) in [4.78, 5) is 15.3. The third-order valence-electron chi connectivity index (χ3n) is 3.42. The van der Waals surface area contributed by atoms with E-state index >= 15 is 0 Å². The summed E-state index contributed by atoms with van der Waals surface area (Å²) in [5.74, 6) is 1.09. The van der Waals surface area contributed by atoms with Crippen molar-refractivity contribution in [3.63, 3.8) is 0 Å². The SMILES string of the molecule is COc1ccc2c(c1OC)C(=O)O[C@H]2Nc1[nH+]cc(Br)cc1Br. The summed E-state index contributed by atoms with van der Waals surface area (Å²) in [6.07, 6.45) is 1.16. The predicted octanol–water partition coefficient (Wildman–Crippen LogP) is 3.32. The van der Waals surface area contributed by atoms with E-state index in [1.165, 1.54) is 14.2 Å². The van der Waals surface area contributed by atoms with Gasteiger partial charge in [0, 0.05) is 0 Å². The van der Waals surface area contributed by atoms with Crippen LogP contribution in [0, 0.1) is 0 Å². The van der Waals surface area contributed by atoms with Crippen LogP contribution in [0.5, 0.6) is 11.5 Å². The molecule has 0 amide bonds. The van der Waals surface area contributed by atoms with Crippen molar-refractivity contribution in [1.29, 1.82) is 0 Å². The zero-order valence-corrected chi connectivity index (χ0v) is 15.4. The summed E-state index contributed by atoms with van der Waals surface area (Å²) in [6.45, 7) is 0. The molecule has 2 aromatic rings. The molecule has 2 N–H and O–H groups in total. The van der Waals surface area contributed by atoms with Crippen LogP contribution in [0.4, 0.5) is 5.82 Å². The van der Waals surface area contributed by atoms with Gasteiger partial charge in [0.05, 0.1) is 24.3 Å². The van der Waals surface area contributed by atoms with Crippen LogP contribution in [0.1, 0.15) is 22.1 Å². The van der Waals surface area contributed by atoms with Gasteiger partial charge in [-0.1, -0.05) is 0 Å². The van der Waals surface area contributed by atoms with Gasteiger partial charge in [-0.3, -0.25) is 0 Å². The largest absolute Gasteiger partial charge is 0.493 e. The number of halogens is 2. The summed E-state index contributed by atoms with van der Waals surface area (Å²) in [5, 5.41) is 3.15. The van der Waals surface area contributed by atoms with Crippen molar-refractivity contribution >= 4 is 43.6 Å². The molecule has 0 radical (unpaired) electrons. The molecule has 1 aliphatic rings. The Kier molecular flexibility index (Phi) is 4.45. The number of ether oxygens (including phenoxy) is 3. The lowest BCUT2D eigenvalue weighted by Crippen LogP contribution is -2.18. The lowest BCUT2D eigenvalue weighted by atomic mass is 10.1. The average molecular weight is 445 g/mol. The first kappa shape index (κ1) is 16.1. The zero-order valence-electron chi connectivity index (χ0n) is 12.3. The predicted molar refractivity (Wildman–Crippen MR) is 89.7 cm³/mol. The molecular formula is C15H13Br2N2O4+. The van der Waals surface area contributed by atoms with Crippen molar-refractivity contribution in [2.24, 2.45) is 0 Å². The van der Waals surface area contributed by atoms with Gasteiger partial charge >= 0.3 is 5.97 Å². The number of H-pyrrole nitrogens is 1. The summed E-state index contributed by atoms with van der Waals surface area (Å²) in [5.41, 5.74) is 1.06. The number of esters is 1. The standard InChI is InChI=1S/C15H12Br2N2O4/c1-21-10-4-3-8-11(12(10)22-2)15(20)23-14(8)19-13-9(17)5-7(16)6-18-13/h3-6,14H,1-2H3,(H,18,19)/p+1/t14-/m1/s1. The van der Waals surface area contributed by atoms with Crippen molar-refractivity contribution in [1.82, 2.24) is 0 Å². The number of nitrogens with one attached hydrogen (secondary N) is 2. The number of carbonyl (C=O) groups is 1. The van der Waals surface area contributed by atoms with E-state index in [0.29, 0.717) is 28.4 Å². The van der Waals surface area contributed by atoms with E-state index in [2.05, 4.69) is 42.2 Å². The first-order valence-corrected chi connectivity index (χ1v) is 8.23. The fourth-order valence-electron chi connectivity index (χ4n) is 2.39. The van der Waals surface area contributed by atoms with Crippen molar-refractivity contribution in [2.45, 2.75) is 6.23 Å². The number of pyridine rings is 1. The topological polar surface area (TPSA) is 70.9 Å². The molecule has 1 aromatic heterocycles. The Morgan fingerprint density at radius 1 is 1.26 bits per heavy atom. The van der Waals surface area contributed by atoms with E-state index in [1.807, 2.05) is 6.07 Å². The molecule has 3 rings (SSSR count). The van der Waals surface area contributed by atoms with Crippen LogP contribution in [0.25, 0.3) is 0 Å². The molecule has 0 saturated heterocycles. The second-order valence-electron chi connectivity index (χ2n) is 4.74. The summed E-state index contributed by atoms with van der Waals surface area (Å²) in [7, 11) is 3.01. The fourth-order valence-corrected chi connectivity index (χ4v) is 3.52. The number of carbonyl (C=O) groups excluding carboxylic acids is 1. The van der Waals surface area contributed by atoms with Crippen LogP contribution in [0.3, 0.4) is 0 Å². The number of cyclic esters (lactones) is 1. The second kappa shape index (κ2) is 6.37. The number of anilines is 1. The highest BCUT2D eigenvalue weighted by molar-refractivity contribution is 9.11. The van der Waals surface area contributed by atoms with E-state index in [0.717, 1.165) is 8.95 Å². The molecule has 0 spiro atoms. The smallest absolute Gasteiger partial charge is 0.346 e. The van der Waals surface area contributed by atoms with Gasteiger partial charge in [-0.25, -0.2) is 15.1 Å². The molecule has 120 valence electrons. The van der Waals surface area contributed by atoms with Crippen LogP contribution in [-0.4, -0.2) is 20.2 Å². The number of hydrogen-bond acceptors (Lipinski definition) is 5. The number of fused-ring (bicyclic) bond motifs is 1. The molecule has 1 aromatic carbocycles. The highest BCUT2D eigenvalue weighted by atomic mass is 79.9. The van der Waals surface area contributed by atoms with E-state index < -0.39 is 12.2 Å². The minimum atomic E-state index is -0.619. The van der Waals surface area contributed by atoms with E-state index in [1.54, 1.807) is 18.3 Å². The third-order valence-corrected chi connectivity index (χ3v) is 4.51. The minimum absolute atomic E-state index is 0.373. The average Bonchev–Trinajstić information content (AvgIpc) is 2.85. The van der Waals surface area contributed by atoms with Crippen LogP contribution < -0.4 is 19.8 Å². The molecule has 1 atom stereocenters. The molecule has 2 heterocycles. The van der Waals surface area contributed by atoms with Gasteiger partial charge in [0.1, 0.15) is 16.2 Å². The lowest BCUT2D eigenvalue weighted by molar-refractivity contribution is -0.363. The molecule has 0 fully saturated rings. The first-order valence-electron chi connectivity index (χ1n) is 6.64. The number of benzene rings is 1. The molecular weight excluding hydrogens is 432 g/mol. The zero-order chi connectivity index (χ0) is 16.6. The molecule has 0 bridgehead atoms. The Labute approximate surface area is 149 Å². The summed E-state index contributed by atoms with van der Waals surface area (Å²) < 4.78 is 17.7. The maximum atomic E-state index is 12.2. The number of aromatic amines is 1. The second-order valence-corrected chi connectivity index (χ2v) is 6.51. The minimum Gasteiger partial charge on any atom is -0.493 e. The monoisotopic (exact) mass is 443 g/mol. The van der Waals surface area contributed by atoms with E-state index in [9.17, 15) is 4.79 Å². The number of hydrogen-bond donors (Lipinski definition) is 1. The maximum absolute atomic E-state index is 12.2. The van der Waals surface area contributed by atoms with Gasteiger partial charge in [0.15, 0.2) is 11.5 Å². The number of aromatic nitrogens is 1. The molecule has 6 nitrogen and oxygen atoms in total. The molecule has 8 heteroatoms. The van der Waals surface area contributed by atoms with Crippen LogP contribution in [0.2, 0.25) is 0 Å². The first-order chi connectivity index (χ1) is 11.0. The van der Waals surface area contributed by atoms with Crippen LogP contribution in [-0.2, 0) is 4.74 Å². The van der Waals surface area contributed by atoms with E-state index in [-0.39, 0.29) is 0 Å².